The Morgan fingerprint density at radius 3 is 2.86 bits per heavy atom. The van der Waals surface area contributed by atoms with E-state index < -0.39 is 0 Å². The first-order valence-corrected chi connectivity index (χ1v) is 9.92. The number of hydrogen-bond acceptors (Lipinski definition) is 3. The Bertz CT molecular complexity index is 1230. The molecule has 1 aromatic heterocycles. The smallest absolute Gasteiger partial charge is 0.0991 e. The van der Waals surface area contributed by atoms with E-state index >= 15 is 0 Å². The summed E-state index contributed by atoms with van der Waals surface area (Å²) in [6, 6.07) is 25.4. The predicted molar refractivity (Wildman–Crippen MR) is 115 cm³/mol. The SMILES string of the molecule is CN1Cc2ccccc2C(c2ccc3cnn(Cc4cccc(C#N)c4)c3c2)C1. The highest BCUT2D eigenvalue weighted by molar-refractivity contribution is 5.79. The lowest BCUT2D eigenvalue weighted by molar-refractivity contribution is 0.295. The molecule has 1 unspecified atom stereocenters. The quantitative estimate of drug-likeness (QED) is 0.526. The second kappa shape index (κ2) is 7.20. The Hall–Kier alpha value is -3.42. The van der Waals surface area contributed by atoms with Crippen LogP contribution in [0.1, 0.15) is 33.7 Å². The van der Waals surface area contributed by atoms with Crippen LogP contribution in [0.15, 0.2) is 72.9 Å². The molecular formula is C25H22N4. The van der Waals surface area contributed by atoms with Gasteiger partial charge < -0.3 is 4.90 Å². The van der Waals surface area contributed by atoms with Crippen LogP contribution in [0.2, 0.25) is 0 Å². The van der Waals surface area contributed by atoms with Gasteiger partial charge in [-0.15, -0.1) is 0 Å². The van der Waals surface area contributed by atoms with Crippen LogP contribution in [-0.2, 0) is 13.1 Å². The van der Waals surface area contributed by atoms with Crippen LogP contribution in [0.3, 0.4) is 0 Å². The van der Waals surface area contributed by atoms with Crippen molar-refractivity contribution in [2.45, 2.75) is 19.0 Å². The zero-order valence-corrected chi connectivity index (χ0v) is 16.4. The monoisotopic (exact) mass is 378 g/mol. The molecule has 1 aliphatic rings. The van der Waals surface area contributed by atoms with Crippen LogP contribution < -0.4 is 0 Å². The highest BCUT2D eigenvalue weighted by atomic mass is 15.3. The lowest BCUT2D eigenvalue weighted by Crippen LogP contribution is -2.30. The van der Waals surface area contributed by atoms with Crippen LogP contribution in [0.5, 0.6) is 0 Å². The van der Waals surface area contributed by atoms with Gasteiger partial charge in [-0.3, -0.25) is 4.68 Å². The maximum atomic E-state index is 9.17. The van der Waals surface area contributed by atoms with E-state index in [1.807, 2.05) is 35.1 Å². The zero-order chi connectivity index (χ0) is 19.8. The second-order valence-corrected chi connectivity index (χ2v) is 7.88. The molecule has 4 heteroatoms. The van der Waals surface area contributed by atoms with Gasteiger partial charge in [0.1, 0.15) is 0 Å². The number of benzene rings is 3. The Morgan fingerprint density at radius 1 is 1.07 bits per heavy atom. The van der Waals surface area contributed by atoms with E-state index in [4.69, 9.17) is 5.26 Å². The molecule has 0 aliphatic carbocycles. The molecule has 0 N–H and O–H groups in total. The van der Waals surface area contributed by atoms with E-state index in [1.165, 1.54) is 16.7 Å². The lowest BCUT2D eigenvalue weighted by Gasteiger charge is -2.32. The third kappa shape index (κ3) is 3.30. The van der Waals surface area contributed by atoms with Crippen molar-refractivity contribution in [3.8, 4) is 6.07 Å². The fourth-order valence-electron chi connectivity index (χ4n) is 4.41. The molecule has 0 amide bonds. The molecule has 29 heavy (non-hydrogen) atoms. The maximum Gasteiger partial charge on any atom is 0.0991 e. The van der Waals surface area contributed by atoms with Gasteiger partial charge in [0.05, 0.1) is 29.9 Å². The van der Waals surface area contributed by atoms with E-state index in [0.29, 0.717) is 18.0 Å². The first kappa shape index (κ1) is 17.7. The standard InChI is InChI=1S/C25H22N4/c1-28-16-22-7-2-3-8-23(22)24(17-28)20-9-10-21-14-27-29(25(21)12-20)15-19-6-4-5-18(11-19)13-26/h2-12,14,24H,15-17H2,1H3. The summed E-state index contributed by atoms with van der Waals surface area (Å²) in [6.45, 7) is 2.67. The molecule has 5 rings (SSSR count). The number of nitrogens with zero attached hydrogens (tertiary/aromatic N) is 4. The van der Waals surface area contributed by atoms with Gasteiger partial charge in [-0.2, -0.15) is 10.4 Å². The van der Waals surface area contributed by atoms with Crippen molar-refractivity contribution in [3.63, 3.8) is 0 Å². The highest BCUT2D eigenvalue weighted by Crippen LogP contribution is 2.34. The molecule has 0 radical (unpaired) electrons. The normalized spacial score (nSPS) is 16.5. The molecule has 0 bridgehead atoms. The van der Waals surface area contributed by atoms with Gasteiger partial charge in [0.15, 0.2) is 0 Å². The van der Waals surface area contributed by atoms with E-state index in [0.717, 1.165) is 29.6 Å². The van der Waals surface area contributed by atoms with E-state index in [9.17, 15) is 0 Å². The van der Waals surface area contributed by atoms with Crippen LogP contribution in [0, 0.1) is 11.3 Å². The van der Waals surface area contributed by atoms with Crippen molar-refractivity contribution in [1.82, 2.24) is 14.7 Å². The Labute approximate surface area is 170 Å². The lowest BCUT2D eigenvalue weighted by atomic mass is 9.84. The minimum atomic E-state index is 0.361. The average Bonchev–Trinajstić information content (AvgIpc) is 3.15. The van der Waals surface area contributed by atoms with Crippen LogP contribution >= 0.6 is 0 Å². The topological polar surface area (TPSA) is 44.9 Å². The van der Waals surface area contributed by atoms with E-state index in [-0.39, 0.29) is 0 Å². The molecule has 2 heterocycles. The minimum Gasteiger partial charge on any atom is -0.301 e. The van der Waals surface area contributed by atoms with Gasteiger partial charge in [-0.05, 0) is 47.5 Å². The summed E-state index contributed by atoms with van der Waals surface area (Å²) in [7, 11) is 2.19. The summed E-state index contributed by atoms with van der Waals surface area (Å²) < 4.78 is 2.04. The van der Waals surface area contributed by atoms with Crippen LogP contribution in [-0.4, -0.2) is 28.3 Å². The van der Waals surface area contributed by atoms with Gasteiger partial charge in [0.2, 0.25) is 0 Å². The molecule has 0 fully saturated rings. The molecule has 4 aromatic rings. The zero-order valence-electron chi connectivity index (χ0n) is 16.4. The fourth-order valence-corrected chi connectivity index (χ4v) is 4.41. The maximum absolute atomic E-state index is 9.17. The van der Waals surface area contributed by atoms with Gasteiger partial charge >= 0.3 is 0 Å². The largest absolute Gasteiger partial charge is 0.301 e. The van der Waals surface area contributed by atoms with Crippen molar-refractivity contribution in [3.05, 3.63) is 101 Å². The van der Waals surface area contributed by atoms with Gasteiger partial charge in [0.25, 0.3) is 0 Å². The first-order chi connectivity index (χ1) is 14.2. The number of rotatable bonds is 3. The van der Waals surface area contributed by atoms with Gasteiger partial charge in [-0.25, -0.2) is 0 Å². The summed E-state index contributed by atoms with van der Waals surface area (Å²) in [5.74, 6) is 0.361. The van der Waals surface area contributed by atoms with Crippen molar-refractivity contribution in [2.75, 3.05) is 13.6 Å². The van der Waals surface area contributed by atoms with E-state index in [1.54, 1.807) is 0 Å². The minimum absolute atomic E-state index is 0.361. The summed E-state index contributed by atoms with van der Waals surface area (Å²) >= 11 is 0. The molecule has 0 saturated carbocycles. The van der Waals surface area contributed by atoms with Crippen molar-refractivity contribution >= 4 is 10.9 Å². The number of hydrogen-bond donors (Lipinski definition) is 0. The summed E-state index contributed by atoms with van der Waals surface area (Å²) in [4.78, 5) is 2.39. The number of likely N-dealkylation sites (N-methyl/N-ethyl adjacent to an activating group) is 1. The summed E-state index contributed by atoms with van der Waals surface area (Å²) in [5, 5.41) is 14.9. The Kier molecular flexibility index (Phi) is 4.38. The molecule has 0 saturated heterocycles. The molecule has 0 spiro atoms. The van der Waals surface area contributed by atoms with Crippen LogP contribution in [0.4, 0.5) is 0 Å². The molecule has 1 atom stereocenters. The van der Waals surface area contributed by atoms with Crippen LogP contribution in [0.25, 0.3) is 10.9 Å². The number of aromatic nitrogens is 2. The second-order valence-electron chi connectivity index (χ2n) is 7.88. The molecule has 1 aliphatic heterocycles. The third-order valence-electron chi connectivity index (χ3n) is 5.82. The fraction of sp³-hybridized carbons (Fsp3) is 0.200. The number of fused-ring (bicyclic) bond motifs is 2. The van der Waals surface area contributed by atoms with Crippen molar-refractivity contribution in [2.24, 2.45) is 0 Å². The van der Waals surface area contributed by atoms with Gasteiger partial charge in [-0.1, -0.05) is 48.5 Å². The molecule has 4 nitrogen and oxygen atoms in total. The summed E-state index contributed by atoms with van der Waals surface area (Å²) in [6.07, 6.45) is 1.92. The Balaban J connectivity index is 1.54. The van der Waals surface area contributed by atoms with Crippen molar-refractivity contribution in [1.29, 1.82) is 5.26 Å². The van der Waals surface area contributed by atoms with E-state index in [2.05, 4.69) is 65.6 Å². The summed E-state index contributed by atoms with van der Waals surface area (Å²) in [5.41, 5.74) is 7.06. The average molecular weight is 378 g/mol. The third-order valence-corrected chi connectivity index (χ3v) is 5.82. The molecule has 142 valence electrons. The first-order valence-electron chi connectivity index (χ1n) is 9.92. The molecular weight excluding hydrogens is 356 g/mol. The molecule has 3 aromatic carbocycles. The predicted octanol–water partition coefficient (Wildman–Crippen LogP) is 4.53. The number of nitriles is 1. The van der Waals surface area contributed by atoms with Crippen molar-refractivity contribution < 1.29 is 0 Å². The highest BCUT2D eigenvalue weighted by Gasteiger charge is 2.24. The van der Waals surface area contributed by atoms with Gasteiger partial charge in [0, 0.05) is 24.4 Å². The Morgan fingerprint density at radius 2 is 1.97 bits per heavy atom.